The molecule has 78 valence electrons. The van der Waals surface area contributed by atoms with Gasteiger partial charge >= 0.3 is 5.97 Å². The Morgan fingerprint density at radius 1 is 1.38 bits per heavy atom. The van der Waals surface area contributed by atoms with E-state index in [2.05, 4.69) is 17.9 Å². The zero-order valence-corrected chi connectivity index (χ0v) is 9.49. The fourth-order valence-corrected chi connectivity index (χ4v) is 0.945. The van der Waals surface area contributed by atoms with E-state index in [9.17, 15) is 4.79 Å². The summed E-state index contributed by atoms with van der Waals surface area (Å²) in [6, 6.07) is 0. The number of carbonyl (C=O) groups is 1. The second kappa shape index (κ2) is 6.27. The average molecular weight is 205 g/mol. The van der Waals surface area contributed by atoms with Gasteiger partial charge in [0.05, 0.1) is 6.42 Å². The minimum atomic E-state index is -0.374. The molecule has 0 aromatic rings. The van der Waals surface area contributed by atoms with Crippen molar-refractivity contribution in [1.29, 1.82) is 0 Å². The molecule has 13 heavy (non-hydrogen) atoms. The van der Waals surface area contributed by atoms with Crippen LogP contribution in [0.1, 0.15) is 27.2 Å². The van der Waals surface area contributed by atoms with Gasteiger partial charge in [0.1, 0.15) is 5.60 Å². The molecule has 0 saturated heterocycles. The molecular formula is C9H19NO2S. The van der Waals surface area contributed by atoms with E-state index in [-0.39, 0.29) is 11.6 Å². The highest BCUT2D eigenvalue weighted by molar-refractivity contribution is 7.80. The highest BCUT2D eigenvalue weighted by atomic mass is 32.1. The lowest BCUT2D eigenvalue weighted by atomic mass is 10.2. The lowest BCUT2D eigenvalue weighted by molar-refractivity contribution is -0.154. The SMILES string of the molecule is CC(C)(C)OC(=O)CCNCCS. The highest BCUT2D eigenvalue weighted by Crippen LogP contribution is 2.07. The van der Waals surface area contributed by atoms with Gasteiger partial charge in [-0.05, 0) is 20.8 Å². The Balaban J connectivity index is 3.41. The van der Waals surface area contributed by atoms with Crippen LogP contribution in [0.25, 0.3) is 0 Å². The molecule has 4 heteroatoms. The molecule has 0 radical (unpaired) electrons. The first-order valence-electron chi connectivity index (χ1n) is 4.49. The largest absolute Gasteiger partial charge is 0.460 e. The average Bonchev–Trinajstić information content (AvgIpc) is 1.94. The van der Waals surface area contributed by atoms with Crippen LogP contribution in [0.4, 0.5) is 0 Å². The molecule has 0 fully saturated rings. The number of rotatable bonds is 5. The summed E-state index contributed by atoms with van der Waals surface area (Å²) in [7, 11) is 0. The van der Waals surface area contributed by atoms with Crippen LogP contribution < -0.4 is 5.32 Å². The fraction of sp³-hybridized carbons (Fsp3) is 0.889. The molecule has 1 N–H and O–H groups in total. The summed E-state index contributed by atoms with van der Waals surface area (Å²) in [6.07, 6.45) is 0.422. The molecule has 0 aliphatic carbocycles. The first-order chi connectivity index (χ1) is 5.95. The quantitative estimate of drug-likeness (QED) is 0.403. The molecule has 0 rings (SSSR count). The Kier molecular flexibility index (Phi) is 6.16. The van der Waals surface area contributed by atoms with E-state index in [1.807, 2.05) is 20.8 Å². The number of hydrogen-bond donors (Lipinski definition) is 2. The van der Waals surface area contributed by atoms with Crippen LogP contribution in [0.15, 0.2) is 0 Å². The van der Waals surface area contributed by atoms with Gasteiger partial charge in [0.2, 0.25) is 0 Å². The number of thiol groups is 1. The molecule has 0 aromatic heterocycles. The van der Waals surface area contributed by atoms with Crippen LogP contribution in [0.3, 0.4) is 0 Å². The van der Waals surface area contributed by atoms with Crippen molar-refractivity contribution in [1.82, 2.24) is 5.32 Å². The van der Waals surface area contributed by atoms with E-state index >= 15 is 0 Å². The van der Waals surface area contributed by atoms with Gasteiger partial charge < -0.3 is 10.1 Å². The maximum absolute atomic E-state index is 11.1. The van der Waals surface area contributed by atoms with Crippen molar-refractivity contribution in [3.05, 3.63) is 0 Å². The molecule has 0 aromatic carbocycles. The summed E-state index contributed by atoms with van der Waals surface area (Å²) in [5.41, 5.74) is -0.374. The van der Waals surface area contributed by atoms with Gasteiger partial charge in [-0.15, -0.1) is 0 Å². The summed E-state index contributed by atoms with van der Waals surface area (Å²) < 4.78 is 5.12. The molecular weight excluding hydrogens is 186 g/mol. The van der Waals surface area contributed by atoms with Crippen molar-refractivity contribution in [3.63, 3.8) is 0 Å². The zero-order chi connectivity index (χ0) is 10.3. The molecule has 0 spiro atoms. The highest BCUT2D eigenvalue weighted by Gasteiger charge is 2.15. The lowest BCUT2D eigenvalue weighted by Gasteiger charge is -2.19. The Bertz CT molecular complexity index is 154. The molecule has 0 bridgehead atoms. The van der Waals surface area contributed by atoms with Gasteiger partial charge in [-0.25, -0.2) is 0 Å². The van der Waals surface area contributed by atoms with Gasteiger partial charge in [0, 0.05) is 18.8 Å². The number of carbonyl (C=O) groups excluding carboxylic acids is 1. The molecule has 0 aliphatic heterocycles. The predicted octanol–water partition coefficient (Wildman–Crippen LogP) is 1.24. The van der Waals surface area contributed by atoms with Crippen LogP contribution in [0.2, 0.25) is 0 Å². The van der Waals surface area contributed by atoms with Crippen LogP contribution >= 0.6 is 12.6 Å². The minimum absolute atomic E-state index is 0.154. The first-order valence-corrected chi connectivity index (χ1v) is 5.12. The van der Waals surface area contributed by atoms with E-state index in [4.69, 9.17) is 4.74 Å². The maximum Gasteiger partial charge on any atom is 0.307 e. The van der Waals surface area contributed by atoms with Crippen molar-refractivity contribution in [2.24, 2.45) is 0 Å². The smallest absolute Gasteiger partial charge is 0.307 e. The van der Waals surface area contributed by atoms with Crippen LogP contribution in [0.5, 0.6) is 0 Å². The Morgan fingerprint density at radius 3 is 2.46 bits per heavy atom. The normalized spacial score (nSPS) is 11.4. The summed E-state index contributed by atoms with van der Waals surface area (Å²) in [6.45, 7) is 7.09. The van der Waals surface area contributed by atoms with Crippen LogP contribution in [0, 0.1) is 0 Å². The van der Waals surface area contributed by atoms with E-state index in [0.29, 0.717) is 13.0 Å². The van der Waals surface area contributed by atoms with Crippen molar-refractivity contribution < 1.29 is 9.53 Å². The maximum atomic E-state index is 11.1. The second-order valence-electron chi connectivity index (χ2n) is 3.81. The fourth-order valence-electron chi connectivity index (χ4n) is 0.787. The molecule has 0 amide bonds. The monoisotopic (exact) mass is 205 g/mol. The summed E-state index contributed by atoms with van der Waals surface area (Å²) >= 11 is 4.04. The Morgan fingerprint density at radius 2 is 2.00 bits per heavy atom. The molecule has 0 aliphatic rings. The number of esters is 1. The van der Waals surface area contributed by atoms with Crippen LogP contribution in [-0.4, -0.2) is 30.4 Å². The number of ether oxygens (including phenoxy) is 1. The zero-order valence-electron chi connectivity index (χ0n) is 8.59. The lowest BCUT2D eigenvalue weighted by Crippen LogP contribution is -2.27. The second-order valence-corrected chi connectivity index (χ2v) is 4.26. The van der Waals surface area contributed by atoms with E-state index < -0.39 is 0 Å². The van der Waals surface area contributed by atoms with Gasteiger partial charge in [-0.2, -0.15) is 12.6 Å². The molecule has 0 unspecified atom stereocenters. The van der Waals surface area contributed by atoms with Crippen LogP contribution in [-0.2, 0) is 9.53 Å². The van der Waals surface area contributed by atoms with Crippen molar-refractivity contribution >= 4 is 18.6 Å². The summed E-state index contributed by atoms with van der Waals surface area (Å²) in [5, 5.41) is 3.07. The van der Waals surface area contributed by atoms with Crippen molar-refractivity contribution in [2.45, 2.75) is 32.8 Å². The Labute approximate surface area is 85.6 Å². The van der Waals surface area contributed by atoms with Gasteiger partial charge in [0.15, 0.2) is 0 Å². The molecule has 3 nitrogen and oxygen atoms in total. The van der Waals surface area contributed by atoms with Gasteiger partial charge in [0.25, 0.3) is 0 Å². The van der Waals surface area contributed by atoms with Crippen molar-refractivity contribution in [3.8, 4) is 0 Å². The number of nitrogens with one attached hydrogen (secondary N) is 1. The molecule has 0 atom stereocenters. The third kappa shape index (κ3) is 9.70. The third-order valence-corrected chi connectivity index (χ3v) is 1.44. The standard InChI is InChI=1S/C9H19NO2S/c1-9(2,3)12-8(11)4-5-10-6-7-13/h10,13H,4-7H2,1-3H3. The first kappa shape index (κ1) is 12.8. The topological polar surface area (TPSA) is 38.3 Å². The predicted molar refractivity (Wildman–Crippen MR) is 57.2 cm³/mol. The van der Waals surface area contributed by atoms with E-state index in [0.717, 1.165) is 12.3 Å². The summed E-state index contributed by atoms with van der Waals surface area (Å²) in [4.78, 5) is 11.1. The number of hydrogen-bond acceptors (Lipinski definition) is 4. The summed E-state index contributed by atoms with van der Waals surface area (Å²) in [5.74, 6) is 0.632. The minimum Gasteiger partial charge on any atom is -0.460 e. The Hall–Kier alpha value is -0.220. The van der Waals surface area contributed by atoms with Gasteiger partial charge in [-0.3, -0.25) is 4.79 Å². The third-order valence-electron chi connectivity index (χ3n) is 1.21. The molecule has 0 heterocycles. The van der Waals surface area contributed by atoms with Crippen molar-refractivity contribution in [2.75, 3.05) is 18.8 Å². The van der Waals surface area contributed by atoms with E-state index in [1.165, 1.54) is 0 Å². The van der Waals surface area contributed by atoms with Gasteiger partial charge in [-0.1, -0.05) is 0 Å². The molecule has 0 saturated carbocycles. The van der Waals surface area contributed by atoms with E-state index in [1.54, 1.807) is 0 Å².